The van der Waals surface area contributed by atoms with Gasteiger partial charge in [0.15, 0.2) is 0 Å². The van der Waals surface area contributed by atoms with Crippen molar-refractivity contribution in [2.75, 3.05) is 0 Å². The molecule has 1 aromatic rings. The fourth-order valence-electron chi connectivity index (χ4n) is 0.905. The smallest absolute Gasteiger partial charge is 0.545 e. The molecule has 0 heterocycles. The number of carboxylic acids is 5. The molecule has 0 saturated carbocycles. The first-order valence-electron chi connectivity index (χ1n) is 5.83. The van der Waals surface area contributed by atoms with Gasteiger partial charge in [0.1, 0.15) is 18.6 Å². The predicted molar refractivity (Wildman–Crippen MR) is 72.2 cm³/mol. The van der Waals surface area contributed by atoms with Gasteiger partial charge < -0.3 is 35.4 Å². The third-order valence-corrected chi connectivity index (χ3v) is 1.73. The minimum Gasteiger partial charge on any atom is -0.545 e. The van der Waals surface area contributed by atoms with E-state index in [1.807, 2.05) is 0 Å². The average molecular weight is 352 g/mol. The summed E-state index contributed by atoms with van der Waals surface area (Å²) in [6, 6.07) is 5.64. The van der Waals surface area contributed by atoms with E-state index < -0.39 is 42.7 Å². The first kappa shape index (κ1) is 26.8. The molecule has 0 unspecified atom stereocenters. The Labute approximate surface area is 152 Å². The van der Waals surface area contributed by atoms with Crippen molar-refractivity contribution in [2.45, 2.75) is 12.8 Å². The van der Waals surface area contributed by atoms with Crippen molar-refractivity contribution in [1.82, 2.24) is 0 Å². The van der Waals surface area contributed by atoms with Gasteiger partial charge in [-0.1, -0.05) is 12.1 Å². The van der Waals surface area contributed by atoms with Crippen LogP contribution in [0, 0.1) is 0 Å². The molecule has 12 heteroatoms. The van der Waals surface area contributed by atoms with Gasteiger partial charge in [-0.15, -0.1) is 0 Å². The number of benzene rings is 1. The van der Waals surface area contributed by atoms with Crippen LogP contribution in [0.15, 0.2) is 24.3 Å². The van der Waals surface area contributed by atoms with E-state index in [1.54, 1.807) is 6.07 Å². The summed E-state index contributed by atoms with van der Waals surface area (Å²) in [5.74, 6) is -6.87. The van der Waals surface area contributed by atoms with E-state index in [4.69, 9.17) is 25.5 Å². The quantitative estimate of drug-likeness (QED) is 0.253. The Morgan fingerprint density at radius 2 is 1.08 bits per heavy atom. The fraction of sp³-hybridized carbons (Fsp3) is 0.154. The van der Waals surface area contributed by atoms with Gasteiger partial charge in [0, 0.05) is 5.56 Å². The third-order valence-electron chi connectivity index (χ3n) is 1.73. The zero-order valence-corrected chi connectivity index (χ0v) is 12.9. The largest absolute Gasteiger partial charge is 1.00 e. The molecule has 11 nitrogen and oxygen atoms in total. The van der Waals surface area contributed by atoms with E-state index >= 15 is 0 Å². The topological polar surface area (TPSA) is 210 Å². The van der Waals surface area contributed by atoms with Crippen molar-refractivity contribution in [3.63, 3.8) is 0 Å². The standard InChI is InChI=1S/C7H6O3.2C3H4O4.Li/c8-6-4-2-1-3-5(6)7(9)10;2*4-2(5)1-3(6)7;/h1-4,8H,(H,9,10);2*1H2,(H,4,5)(H,6,7);/q;;;+1/p-1. The van der Waals surface area contributed by atoms with E-state index in [0.717, 1.165) is 0 Å². The summed E-state index contributed by atoms with van der Waals surface area (Å²) in [7, 11) is 0. The number of hydrogen-bond donors (Lipinski definition) is 5. The molecule has 0 radical (unpaired) electrons. The second-order valence-corrected chi connectivity index (χ2v) is 3.73. The van der Waals surface area contributed by atoms with Gasteiger partial charge >= 0.3 is 42.7 Å². The second kappa shape index (κ2) is 14.6. The van der Waals surface area contributed by atoms with Crippen LogP contribution >= 0.6 is 0 Å². The van der Waals surface area contributed by atoms with Crippen molar-refractivity contribution in [1.29, 1.82) is 0 Å². The van der Waals surface area contributed by atoms with E-state index in [2.05, 4.69) is 0 Å². The van der Waals surface area contributed by atoms with Gasteiger partial charge in [0.25, 0.3) is 0 Å². The molecule has 25 heavy (non-hydrogen) atoms. The Hall–Kier alpha value is -3.03. The average Bonchev–Trinajstić information content (AvgIpc) is 2.36. The molecule has 0 spiro atoms. The first-order valence-corrected chi connectivity index (χ1v) is 5.83. The molecule has 5 N–H and O–H groups in total. The van der Waals surface area contributed by atoms with Gasteiger partial charge in [-0.25, -0.2) is 0 Å². The maximum absolute atomic E-state index is 10.2. The third kappa shape index (κ3) is 18.9. The Kier molecular flexibility index (Phi) is 15.6. The molecule has 132 valence electrons. The molecule has 0 amide bonds. The van der Waals surface area contributed by atoms with Crippen molar-refractivity contribution in [2.24, 2.45) is 0 Å². The molecule has 1 rings (SSSR count). The van der Waals surface area contributed by atoms with Crippen LogP contribution in [-0.4, -0.2) is 55.4 Å². The van der Waals surface area contributed by atoms with E-state index in [0.29, 0.717) is 0 Å². The molecular weight excluding hydrogens is 339 g/mol. The molecule has 0 bridgehead atoms. The minimum atomic E-state index is -1.36. The summed E-state index contributed by atoms with van der Waals surface area (Å²) >= 11 is 0. The van der Waals surface area contributed by atoms with Crippen LogP contribution in [0.5, 0.6) is 5.75 Å². The van der Waals surface area contributed by atoms with Crippen LogP contribution in [0.25, 0.3) is 0 Å². The first-order chi connectivity index (χ1) is 11.0. The molecule has 0 aromatic heterocycles. The maximum atomic E-state index is 10.2. The number of para-hydroxylation sites is 1. The molecule has 0 saturated heterocycles. The second-order valence-electron chi connectivity index (χ2n) is 3.73. The monoisotopic (exact) mass is 352 g/mol. The Morgan fingerprint density at radius 3 is 1.24 bits per heavy atom. The van der Waals surface area contributed by atoms with Gasteiger partial charge in [-0.3, -0.25) is 19.2 Å². The van der Waals surface area contributed by atoms with Crippen LogP contribution in [0.4, 0.5) is 0 Å². The summed E-state index contributed by atoms with van der Waals surface area (Å²) in [6.45, 7) is 0. The summed E-state index contributed by atoms with van der Waals surface area (Å²) in [6.07, 6.45) is -1.61. The molecular formula is C13H13LiO11. The number of aliphatic carboxylic acids is 4. The maximum Gasteiger partial charge on any atom is 1.00 e. The predicted octanol–water partition coefficient (Wildman–Crippen LogP) is -4.15. The van der Waals surface area contributed by atoms with Crippen LogP contribution in [0.2, 0.25) is 0 Å². The van der Waals surface area contributed by atoms with Crippen molar-refractivity contribution in [3.05, 3.63) is 29.8 Å². The number of hydrogen-bond acceptors (Lipinski definition) is 7. The number of carbonyl (C=O) groups excluding carboxylic acids is 1. The Balaban J connectivity index is -0.000000293. The van der Waals surface area contributed by atoms with Crippen LogP contribution < -0.4 is 24.0 Å². The summed E-state index contributed by atoms with van der Waals surface area (Å²) in [4.78, 5) is 47.9. The fourth-order valence-corrected chi connectivity index (χ4v) is 0.905. The number of carboxylic acid groups (broad SMARTS) is 5. The van der Waals surface area contributed by atoms with E-state index in [-0.39, 0.29) is 30.2 Å². The van der Waals surface area contributed by atoms with Gasteiger partial charge in [-0.2, -0.15) is 0 Å². The Bertz CT molecular complexity index is 562. The van der Waals surface area contributed by atoms with Crippen LogP contribution in [-0.2, 0) is 19.2 Å². The minimum absolute atomic E-state index is 0. The van der Waals surface area contributed by atoms with Crippen LogP contribution in [0.3, 0.4) is 0 Å². The van der Waals surface area contributed by atoms with Gasteiger partial charge in [0.05, 0.1) is 5.97 Å². The molecule has 0 aliphatic rings. The van der Waals surface area contributed by atoms with Gasteiger partial charge in [-0.05, 0) is 12.1 Å². The van der Waals surface area contributed by atoms with E-state index in [9.17, 15) is 29.1 Å². The molecule has 0 aliphatic heterocycles. The molecule has 0 atom stereocenters. The number of carbonyl (C=O) groups is 5. The zero-order valence-electron chi connectivity index (χ0n) is 12.9. The van der Waals surface area contributed by atoms with Crippen molar-refractivity contribution >= 4 is 29.8 Å². The number of aromatic carboxylic acids is 1. The number of rotatable bonds is 5. The van der Waals surface area contributed by atoms with Gasteiger partial charge in [0.2, 0.25) is 0 Å². The van der Waals surface area contributed by atoms with Crippen LogP contribution in [0.1, 0.15) is 23.2 Å². The summed E-state index contributed by atoms with van der Waals surface area (Å²) in [5, 5.41) is 49.8. The number of phenols is 1. The summed E-state index contributed by atoms with van der Waals surface area (Å²) in [5.41, 5.74) is -0.178. The molecule has 0 aliphatic carbocycles. The number of aromatic hydroxyl groups is 1. The molecule has 1 aromatic carbocycles. The normalized spacial score (nSPS) is 8.16. The zero-order chi connectivity index (χ0) is 19.3. The van der Waals surface area contributed by atoms with Crippen molar-refractivity contribution in [3.8, 4) is 5.75 Å². The summed E-state index contributed by atoms with van der Waals surface area (Å²) < 4.78 is 0. The van der Waals surface area contributed by atoms with E-state index in [1.165, 1.54) is 18.2 Å². The SMILES string of the molecule is O=C(O)CC(=O)O.O=C(O)CC(=O)O.O=C([O-])c1ccccc1O.[Li+]. The molecule has 0 fully saturated rings. The Morgan fingerprint density at radius 1 is 0.760 bits per heavy atom. The van der Waals surface area contributed by atoms with Crippen molar-refractivity contribution < 1.29 is 73.5 Å².